The molecule has 0 amide bonds. The maximum absolute atomic E-state index is 3.70. The van der Waals surface area contributed by atoms with Gasteiger partial charge in [-0.3, -0.25) is 4.90 Å². The first-order chi connectivity index (χ1) is 7.93. The van der Waals surface area contributed by atoms with Gasteiger partial charge in [0.1, 0.15) is 0 Å². The molecule has 1 N–H and O–H groups in total. The Morgan fingerprint density at radius 2 is 1.88 bits per heavy atom. The van der Waals surface area contributed by atoms with E-state index < -0.39 is 0 Å². The van der Waals surface area contributed by atoms with Crippen LogP contribution in [0.4, 0.5) is 0 Å². The lowest BCUT2D eigenvalue weighted by Gasteiger charge is -2.40. The molecule has 3 unspecified atom stereocenters. The van der Waals surface area contributed by atoms with Gasteiger partial charge in [-0.15, -0.1) is 0 Å². The number of hydrogen-bond donors (Lipinski definition) is 1. The van der Waals surface area contributed by atoms with Crippen molar-refractivity contribution in [1.29, 1.82) is 0 Å². The highest BCUT2D eigenvalue weighted by molar-refractivity contribution is 4.91. The Morgan fingerprint density at radius 3 is 2.75 bits per heavy atom. The van der Waals surface area contributed by atoms with Crippen molar-refractivity contribution >= 4 is 0 Å². The van der Waals surface area contributed by atoms with Gasteiger partial charge >= 0.3 is 0 Å². The second-order valence-electron chi connectivity index (χ2n) is 6.04. The minimum atomic E-state index is 0.799. The minimum absolute atomic E-state index is 0.799. The lowest BCUT2D eigenvalue weighted by Crippen LogP contribution is -2.50. The molecule has 2 nitrogen and oxygen atoms in total. The Bertz CT molecular complexity index is 223. The van der Waals surface area contributed by atoms with Crippen LogP contribution in [0.2, 0.25) is 0 Å². The number of nitrogens with one attached hydrogen (secondary N) is 1. The Balaban J connectivity index is 1.56. The Morgan fingerprint density at radius 1 is 0.938 bits per heavy atom. The third-order valence-corrected chi connectivity index (χ3v) is 4.98. The van der Waals surface area contributed by atoms with E-state index in [0.29, 0.717) is 0 Å². The van der Waals surface area contributed by atoms with E-state index in [9.17, 15) is 0 Å². The summed E-state index contributed by atoms with van der Waals surface area (Å²) in [5, 5.41) is 3.70. The van der Waals surface area contributed by atoms with Gasteiger partial charge in [0, 0.05) is 18.6 Å². The predicted octanol–water partition coefficient (Wildman–Crippen LogP) is 2.39. The number of likely N-dealkylation sites (tertiary alicyclic amines) is 1. The zero-order valence-electron chi connectivity index (χ0n) is 10.5. The first kappa shape index (κ1) is 11.0. The number of piperidine rings is 2. The molecule has 3 atom stereocenters. The van der Waals surface area contributed by atoms with Gasteiger partial charge in [-0.05, 0) is 57.5 Å². The van der Waals surface area contributed by atoms with Crippen LogP contribution in [0, 0.1) is 5.92 Å². The molecular weight excluding hydrogens is 196 g/mol. The van der Waals surface area contributed by atoms with E-state index >= 15 is 0 Å². The minimum Gasteiger partial charge on any atom is -0.313 e. The van der Waals surface area contributed by atoms with Crippen molar-refractivity contribution < 1.29 is 0 Å². The van der Waals surface area contributed by atoms with E-state index in [1.807, 2.05) is 0 Å². The summed E-state index contributed by atoms with van der Waals surface area (Å²) in [5.41, 5.74) is 0. The van der Waals surface area contributed by atoms with Crippen molar-refractivity contribution in [2.75, 3.05) is 19.6 Å². The van der Waals surface area contributed by atoms with Crippen molar-refractivity contribution in [1.82, 2.24) is 10.2 Å². The first-order valence-corrected chi connectivity index (χ1v) is 7.41. The van der Waals surface area contributed by atoms with Gasteiger partial charge in [0.15, 0.2) is 0 Å². The van der Waals surface area contributed by atoms with Crippen LogP contribution in [0.15, 0.2) is 0 Å². The molecule has 1 aliphatic carbocycles. The molecule has 2 saturated heterocycles. The van der Waals surface area contributed by atoms with Crippen LogP contribution in [0.25, 0.3) is 0 Å². The maximum atomic E-state index is 3.70. The topological polar surface area (TPSA) is 15.3 Å². The number of hydrogen-bond acceptors (Lipinski definition) is 2. The second-order valence-corrected chi connectivity index (χ2v) is 6.04. The van der Waals surface area contributed by atoms with Crippen molar-refractivity contribution in [3.63, 3.8) is 0 Å². The number of fused-ring (bicyclic) bond motifs is 1. The summed E-state index contributed by atoms with van der Waals surface area (Å²) in [6, 6.07) is 1.76. The van der Waals surface area contributed by atoms with Gasteiger partial charge in [-0.2, -0.15) is 0 Å². The Labute approximate surface area is 99.8 Å². The fourth-order valence-electron chi connectivity index (χ4n) is 4.15. The summed E-state index contributed by atoms with van der Waals surface area (Å²) < 4.78 is 0. The molecule has 92 valence electrons. The van der Waals surface area contributed by atoms with Crippen molar-refractivity contribution in [3.05, 3.63) is 0 Å². The molecule has 0 aromatic heterocycles. The maximum Gasteiger partial charge on any atom is 0.0195 e. The molecule has 2 aliphatic heterocycles. The number of nitrogens with zero attached hydrogens (tertiary/aromatic N) is 1. The molecule has 3 rings (SSSR count). The summed E-state index contributed by atoms with van der Waals surface area (Å²) in [7, 11) is 0. The molecule has 2 heterocycles. The van der Waals surface area contributed by atoms with Crippen LogP contribution < -0.4 is 5.32 Å². The molecule has 3 fully saturated rings. The zero-order chi connectivity index (χ0) is 10.8. The highest BCUT2D eigenvalue weighted by Gasteiger charge is 2.35. The van der Waals surface area contributed by atoms with E-state index in [1.54, 1.807) is 0 Å². The van der Waals surface area contributed by atoms with Crippen LogP contribution in [-0.4, -0.2) is 36.6 Å². The molecule has 0 aromatic carbocycles. The molecule has 0 radical (unpaired) electrons. The summed E-state index contributed by atoms with van der Waals surface area (Å²) in [6.45, 7) is 3.97. The summed E-state index contributed by atoms with van der Waals surface area (Å²) >= 11 is 0. The van der Waals surface area contributed by atoms with Crippen LogP contribution in [0.5, 0.6) is 0 Å². The average molecular weight is 222 g/mol. The number of rotatable bonds is 2. The smallest absolute Gasteiger partial charge is 0.0195 e. The molecule has 0 aromatic rings. The highest BCUT2D eigenvalue weighted by atomic mass is 15.2. The van der Waals surface area contributed by atoms with Gasteiger partial charge in [0.25, 0.3) is 0 Å². The molecule has 0 bridgehead atoms. The van der Waals surface area contributed by atoms with E-state index in [2.05, 4.69) is 10.2 Å². The molecule has 3 aliphatic rings. The Kier molecular flexibility index (Phi) is 3.49. The van der Waals surface area contributed by atoms with Gasteiger partial charge in [-0.1, -0.05) is 12.8 Å². The second kappa shape index (κ2) is 5.05. The van der Waals surface area contributed by atoms with Gasteiger partial charge in [0.05, 0.1) is 0 Å². The van der Waals surface area contributed by atoms with Gasteiger partial charge in [-0.25, -0.2) is 0 Å². The molecule has 16 heavy (non-hydrogen) atoms. The van der Waals surface area contributed by atoms with Crippen LogP contribution in [-0.2, 0) is 0 Å². The van der Waals surface area contributed by atoms with E-state index in [0.717, 1.165) is 18.0 Å². The summed E-state index contributed by atoms with van der Waals surface area (Å²) in [6.07, 6.45) is 11.7. The van der Waals surface area contributed by atoms with E-state index in [-0.39, 0.29) is 0 Å². The fourth-order valence-corrected chi connectivity index (χ4v) is 4.15. The van der Waals surface area contributed by atoms with Crippen molar-refractivity contribution in [2.45, 2.75) is 63.5 Å². The lowest BCUT2D eigenvalue weighted by molar-refractivity contribution is 0.0966. The molecule has 0 spiro atoms. The largest absolute Gasteiger partial charge is 0.313 e. The molecule has 1 saturated carbocycles. The third-order valence-electron chi connectivity index (χ3n) is 4.98. The molecule has 2 heteroatoms. The van der Waals surface area contributed by atoms with Gasteiger partial charge in [0.2, 0.25) is 0 Å². The monoisotopic (exact) mass is 222 g/mol. The van der Waals surface area contributed by atoms with Crippen molar-refractivity contribution in [2.24, 2.45) is 5.92 Å². The van der Waals surface area contributed by atoms with Crippen molar-refractivity contribution in [3.8, 4) is 0 Å². The lowest BCUT2D eigenvalue weighted by atomic mass is 9.91. The van der Waals surface area contributed by atoms with Crippen LogP contribution >= 0.6 is 0 Å². The summed E-state index contributed by atoms with van der Waals surface area (Å²) in [5.74, 6) is 1.05. The highest BCUT2D eigenvalue weighted by Crippen LogP contribution is 2.36. The van der Waals surface area contributed by atoms with Crippen LogP contribution in [0.1, 0.15) is 51.4 Å². The Hall–Kier alpha value is -0.0800. The van der Waals surface area contributed by atoms with Gasteiger partial charge < -0.3 is 5.32 Å². The fraction of sp³-hybridized carbons (Fsp3) is 1.00. The molecular formula is C14H26N2. The summed E-state index contributed by atoms with van der Waals surface area (Å²) in [4.78, 5) is 2.82. The van der Waals surface area contributed by atoms with Crippen LogP contribution in [0.3, 0.4) is 0 Å². The first-order valence-electron chi connectivity index (χ1n) is 7.41. The normalized spacial score (nSPS) is 40.9. The standard InChI is InChI=1S/C14H26N2/c1-2-9-15-13(7-1)11-16-10-4-6-12-5-3-8-14(12)16/h12-15H,1-11H2. The zero-order valence-corrected chi connectivity index (χ0v) is 10.5. The van der Waals surface area contributed by atoms with E-state index in [1.165, 1.54) is 71.0 Å². The van der Waals surface area contributed by atoms with E-state index in [4.69, 9.17) is 0 Å². The predicted molar refractivity (Wildman–Crippen MR) is 67.6 cm³/mol. The SMILES string of the molecule is C1CCC(CN2CCCC3CCCC32)NC1. The average Bonchev–Trinajstić information content (AvgIpc) is 2.80. The third kappa shape index (κ3) is 2.28. The quantitative estimate of drug-likeness (QED) is 0.772.